The van der Waals surface area contributed by atoms with Crippen LogP contribution >= 0.6 is 35.1 Å². The molecule has 0 spiro atoms. The van der Waals surface area contributed by atoms with Gasteiger partial charge in [0.15, 0.2) is 0 Å². The third-order valence-electron chi connectivity index (χ3n) is 2.15. The first kappa shape index (κ1) is 11.5. The standard InChI is InChI=1S/C9H15N3S3/c1-2-8-11-9(15-12-8)10-5-7-6-13-3-4-14-7/h7H,2-6H2,1H3,(H,10,11,12). The van der Waals surface area contributed by atoms with Crippen LogP contribution in [0, 0.1) is 0 Å². The Morgan fingerprint density at radius 1 is 1.47 bits per heavy atom. The van der Waals surface area contributed by atoms with Gasteiger partial charge in [-0.2, -0.15) is 27.9 Å². The quantitative estimate of drug-likeness (QED) is 0.900. The van der Waals surface area contributed by atoms with Crippen molar-refractivity contribution < 1.29 is 0 Å². The summed E-state index contributed by atoms with van der Waals surface area (Å²) in [5.74, 6) is 4.80. The Bertz CT molecular complexity index is 297. The second kappa shape index (κ2) is 5.96. The minimum absolute atomic E-state index is 0.734. The van der Waals surface area contributed by atoms with E-state index in [1.54, 1.807) is 0 Å². The van der Waals surface area contributed by atoms with E-state index in [9.17, 15) is 0 Å². The molecule has 0 aliphatic carbocycles. The van der Waals surface area contributed by atoms with Gasteiger partial charge in [0, 0.05) is 47.0 Å². The lowest BCUT2D eigenvalue weighted by atomic mass is 10.4. The van der Waals surface area contributed by atoms with Crippen LogP contribution < -0.4 is 5.32 Å². The van der Waals surface area contributed by atoms with Crippen molar-refractivity contribution in [2.75, 3.05) is 29.1 Å². The van der Waals surface area contributed by atoms with Gasteiger partial charge in [-0.3, -0.25) is 0 Å². The SMILES string of the molecule is CCc1nsc(NCC2CSCCS2)n1. The Morgan fingerprint density at radius 3 is 3.07 bits per heavy atom. The fourth-order valence-corrected chi connectivity index (χ4v) is 4.59. The second-order valence-electron chi connectivity index (χ2n) is 3.32. The lowest BCUT2D eigenvalue weighted by Crippen LogP contribution is -2.23. The van der Waals surface area contributed by atoms with E-state index in [-0.39, 0.29) is 0 Å². The molecule has 1 N–H and O–H groups in total. The summed E-state index contributed by atoms with van der Waals surface area (Å²) in [4.78, 5) is 4.39. The van der Waals surface area contributed by atoms with Crippen LogP contribution in [-0.4, -0.2) is 38.4 Å². The van der Waals surface area contributed by atoms with E-state index in [0.29, 0.717) is 0 Å². The number of hydrogen-bond acceptors (Lipinski definition) is 6. The van der Waals surface area contributed by atoms with Crippen LogP contribution in [-0.2, 0) is 6.42 Å². The Kier molecular flexibility index (Phi) is 4.59. The summed E-state index contributed by atoms with van der Waals surface area (Å²) >= 11 is 5.60. The fourth-order valence-electron chi connectivity index (χ4n) is 1.32. The summed E-state index contributed by atoms with van der Waals surface area (Å²) in [6, 6.07) is 0. The predicted octanol–water partition coefficient (Wildman–Crippen LogP) is 2.36. The highest BCUT2D eigenvalue weighted by molar-refractivity contribution is 8.06. The first-order chi connectivity index (χ1) is 7.38. The molecule has 0 saturated carbocycles. The summed E-state index contributed by atoms with van der Waals surface area (Å²) in [6.45, 7) is 3.11. The molecule has 0 bridgehead atoms. The molecule has 3 nitrogen and oxygen atoms in total. The van der Waals surface area contributed by atoms with Crippen molar-refractivity contribution in [3.63, 3.8) is 0 Å². The minimum Gasteiger partial charge on any atom is -0.359 e. The van der Waals surface area contributed by atoms with Crippen molar-refractivity contribution in [1.29, 1.82) is 0 Å². The molecule has 0 radical (unpaired) electrons. The highest BCUT2D eigenvalue weighted by atomic mass is 32.2. The number of thioether (sulfide) groups is 2. The molecule has 1 fully saturated rings. The zero-order valence-corrected chi connectivity index (χ0v) is 11.2. The Morgan fingerprint density at radius 2 is 2.40 bits per heavy atom. The fraction of sp³-hybridized carbons (Fsp3) is 0.778. The molecule has 1 aliphatic rings. The molecule has 0 amide bonds. The molecular weight excluding hydrogens is 246 g/mol. The Balaban J connectivity index is 1.76. The highest BCUT2D eigenvalue weighted by Crippen LogP contribution is 2.24. The van der Waals surface area contributed by atoms with Gasteiger partial charge >= 0.3 is 0 Å². The summed E-state index contributed by atoms with van der Waals surface area (Å²) in [7, 11) is 0. The van der Waals surface area contributed by atoms with Crippen molar-refractivity contribution in [2.24, 2.45) is 0 Å². The molecule has 2 rings (SSSR count). The summed E-state index contributed by atoms with van der Waals surface area (Å²) < 4.78 is 4.25. The number of anilines is 1. The van der Waals surface area contributed by atoms with Crippen LogP contribution in [0.15, 0.2) is 0 Å². The first-order valence-corrected chi connectivity index (χ1v) is 8.12. The van der Waals surface area contributed by atoms with Gasteiger partial charge in [-0.25, -0.2) is 4.98 Å². The van der Waals surface area contributed by atoms with E-state index in [2.05, 4.69) is 45.1 Å². The van der Waals surface area contributed by atoms with Gasteiger partial charge in [0.1, 0.15) is 5.82 Å². The third-order valence-corrected chi connectivity index (χ3v) is 5.71. The highest BCUT2D eigenvalue weighted by Gasteiger charge is 2.14. The predicted molar refractivity (Wildman–Crippen MR) is 71.3 cm³/mol. The number of aryl methyl sites for hydroxylation is 1. The molecule has 0 aromatic carbocycles. The second-order valence-corrected chi connectivity index (χ2v) is 6.63. The number of rotatable bonds is 4. The Labute approximate surface area is 103 Å². The van der Waals surface area contributed by atoms with E-state index in [1.807, 2.05) is 0 Å². The summed E-state index contributed by atoms with van der Waals surface area (Å²) in [5, 5.41) is 5.09. The average Bonchev–Trinajstić information content (AvgIpc) is 2.76. The zero-order chi connectivity index (χ0) is 10.5. The number of aromatic nitrogens is 2. The van der Waals surface area contributed by atoms with Crippen molar-refractivity contribution in [3.8, 4) is 0 Å². The van der Waals surface area contributed by atoms with Crippen LogP contribution in [0.4, 0.5) is 5.13 Å². The molecular formula is C9H15N3S3. The van der Waals surface area contributed by atoms with Gasteiger partial charge < -0.3 is 5.32 Å². The molecule has 84 valence electrons. The largest absolute Gasteiger partial charge is 0.359 e. The maximum Gasteiger partial charge on any atom is 0.202 e. The van der Waals surface area contributed by atoms with Gasteiger partial charge in [-0.05, 0) is 0 Å². The van der Waals surface area contributed by atoms with Gasteiger partial charge in [-0.1, -0.05) is 6.92 Å². The molecule has 1 aromatic rings. The van der Waals surface area contributed by atoms with Crippen molar-refractivity contribution >= 4 is 40.2 Å². The van der Waals surface area contributed by atoms with Crippen LogP contribution in [0.2, 0.25) is 0 Å². The van der Waals surface area contributed by atoms with Gasteiger partial charge in [0.25, 0.3) is 0 Å². The molecule has 1 atom stereocenters. The number of hydrogen-bond donors (Lipinski definition) is 1. The van der Waals surface area contributed by atoms with E-state index >= 15 is 0 Å². The monoisotopic (exact) mass is 261 g/mol. The molecule has 15 heavy (non-hydrogen) atoms. The van der Waals surface area contributed by atoms with E-state index < -0.39 is 0 Å². The Hall–Kier alpha value is 0.0600. The molecule has 1 saturated heterocycles. The zero-order valence-electron chi connectivity index (χ0n) is 8.73. The summed E-state index contributed by atoms with van der Waals surface area (Å²) in [6.07, 6.45) is 0.923. The normalized spacial score (nSPS) is 21.5. The molecule has 1 aliphatic heterocycles. The lowest BCUT2D eigenvalue weighted by molar-refractivity contribution is 0.973. The molecule has 6 heteroatoms. The molecule has 1 unspecified atom stereocenters. The van der Waals surface area contributed by atoms with Crippen LogP contribution in [0.25, 0.3) is 0 Å². The number of nitrogens with one attached hydrogen (secondary N) is 1. The maximum absolute atomic E-state index is 4.39. The summed E-state index contributed by atoms with van der Waals surface area (Å²) in [5.41, 5.74) is 0. The average molecular weight is 261 g/mol. The third kappa shape index (κ3) is 3.53. The first-order valence-electron chi connectivity index (χ1n) is 5.14. The van der Waals surface area contributed by atoms with Crippen molar-refractivity contribution in [2.45, 2.75) is 18.6 Å². The minimum atomic E-state index is 0.734. The van der Waals surface area contributed by atoms with Crippen LogP contribution in [0.3, 0.4) is 0 Å². The van der Waals surface area contributed by atoms with Gasteiger partial charge in [0.05, 0.1) is 0 Å². The van der Waals surface area contributed by atoms with Crippen LogP contribution in [0.5, 0.6) is 0 Å². The topological polar surface area (TPSA) is 37.8 Å². The molecule has 2 heterocycles. The smallest absolute Gasteiger partial charge is 0.202 e. The van der Waals surface area contributed by atoms with Crippen molar-refractivity contribution in [1.82, 2.24) is 9.36 Å². The van der Waals surface area contributed by atoms with Crippen molar-refractivity contribution in [3.05, 3.63) is 5.82 Å². The van der Waals surface area contributed by atoms with E-state index in [1.165, 1.54) is 28.8 Å². The maximum atomic E-state index is 4.39. The number of nitrogens with zero attached hydrogens (tertiary/aromatic N) is 2. The van der Waals surface area contributed by atoms with Gasteiger partial charge in [0.2, 0.25) is 5.13 Å². The lowest BCUT2D eigenvalue weighted by Gasteiger charge is -2.20. The van der Waals surface area contributed by atoms with E-state index in [0.717, 1.165) is 29.2 Å². The van der Waals surface area contributed by atoms with E-state index in [4.69, 9.17) is 0 Å². The van der Waals surface area contributed by atoms with Gasteiger partial charge in [-0.15, -0.1) is 0 Å². The van der Waals surface area contributed by atoms with Crippen LogP contribution in [0.1, 0.15) is 12.7 Å². The molecule has 1 aromatic heterocycles.